The molecule has 102 valence electrons. The van der Waals surface area contributed by atoms with E-state index < -0.39 is 5.97 Å². The molecule has 0 radical (unpaired) electrons. The minimum Gasteiger partial charge on any atom is -0.480 e. The van der Waals surface area contributed by atoms with E-state index in [9.17, 15) is 9.59 Å². The molecular weight excluding hydrogens is 232 g/mol. The molecule has 2 aliphatic heterocycles. The van der Waals surface area contributed by atoms with Gasteiger partial charge in [0.05, 0.1) is 0 Å². The summed E-state index contributed by atoms with van der Waals surface area (Å²) in [5, 5.41) is 9.07. The van der Waals surface area contributed by atoms with E-state index in [0.717, 1.165) is 32.4 Å². The quantitative estimate of drug-likeness (QED) is 0.811. The van der Waals surface area contributed by atoms with E-state index in [1.165, 1.54) is 0 Å². The van der Waals surface area contributed by atoms with Crippen molar-refractivity contribution < 1.29 is 14.7 Å². The number of rotatable bonds is 4. The van der Waals surface area contributed by atoms with Gasteiger partial charge < -0.3 is 10.0 Å². The molecule has 18 heavy (non-hydrogen) atoms. The lowest BCUT2D eigenvalue weighted by Crippen LogP contribution is -2.40. The summed E-state index contributed by atoms with van der Waals surface area (Å²) in [5.74, 6) is -0.578. The molecule has 0 aromatic heterocycles. The molecule has 0 aliphatic carbocycles. The van der Waals surface area contributed by atoms with Gasteiger partial charge in [0.1, 0.15) is 6.04 Å². The van der Waals surface area contributed by atoms with Crippen LogP contribution in [-0.4, -0.2) is 58.5 Å². The predicted molar refractivity (Wildman–Crippen MR) is 67.3 cm³/mol. The summed E-state index contributed by atoms with van der Waals surface area (Å²) in [7, 11) is 0. The van der Waals surface area contributed by atoms with Crippen molar-refractivity contribution in [3.05, 3.63) is 0 Å². The van der Waals surface area contributed by atoms with Crippen LogP contribution in [0.25, 0.3) is 0 Å². The Morgan fingerprint density at radius 1 is 1.22 bits per heavy atom. The maximum Gasteiger partial charge on any atom is 0.320 e. The summed E-state index contributed by atoms with van der Waals surface area (Å²) in [6.45, 7) is 4.34. The van der Waals surface area contributed by atoms with E-state index in [4.69, 9.17) is 5.11 Å². The van der Waals surface area contributed by atoms with Crippen molar-refractivity contribution in [2.45, 2.75) is 51.1 Å². The van der Waals surface area contributed by atoms with Crippen molar-refractivity contribution in [1.82, 2.24) is 9.80 Å². The first-order chi connectivity index (χ1) is 8.59. The van der Waals surface area contributed by atoms with Gasteiger partial charge in [-0.25, -0.2) is 0 Å². The monoisotopic (exact) mass is 254 g/mol. The Bertz CT molecular complexity index is 332. The van der Waals surface area contributed by atoms with Crippen molar-refractivity contribution >= 4 is 11.9 Å². The maximum absolute atomic E-state index is 12.0. The van der Waals surface area contributed by atoms with Gasteiger partial charge in [0.2, 0.25) is 5.91 Å². The minimum absolute atomic E-state index is 0.177. The highest BCUT2D eigenvalue weighted by Gasteiger charge is 2.31. The highest BCUT2D eigenvalue weighted by molar-refractivity contribution is 5.77. The van der Waals surface area contributed by atoms with Crippen molar-refractivity contribution in [2.75, 3.05) is 19.6 Å². The first kappa shape index (κ1) is 13.3. The molecule has 1 N–H and O–H groups in total. The van der Waals surface area contributed by atoms with E-state index >= 15 is 0 Å². The highest BCUT2D eigenvalue weighted by Crippen LogP contribution is 2.20. The largest absolute Gasteiger partial charge is 0.480 e. The zero-order chi connectivity index (χ0) is 13.1. The molecule has 2 aliphatic rings. The second kappa shape index (κ2) is 5.69. The van der Waals surface area contributed by atoms with Gasteiger partial charge in [-0.1, -0.05) is 0 Å². The highest BCUT2D eigenvalue weighted by atomic mass is 16.4. The fourth-order valence-corrected chi connectivity index (χ4v) is 3.06. The Kier molecular flexibility index (Phi) is 4.22. The Balaban J connectivity index is 1.80. The number of nitrogens with zero attached hydrogens (tertiary/aromatic N) is 2. The average Bonchev–Trinajstić information content (AvgIpc) is 2.94. The van der Waals surface area contributed by atoms with Crippen LogP contribution in [0.15, 0.2) is 0 Å². The van der Waals surface area contributed by atoms with Crippen molar-refractivity contribution in [1.29, 1.82) is 0 Å². The number of carbonyl (C=O) groups excluding carboxylic acids is 1. The third kappa shape index (κ3) is 2.83. The number of carboxylic acid groups (broad SMARTS) is 1. The van der Waals surface area contributed by atoms with Crippen LogP contribution in [0.4, 0.5) is 0 Å². The van der Waals surface area contributed by atoms with Gasteiger partial charge in [-0.05, 0) is 39.2 Å². The van der Waals surface area contributed by atoms with Gasteiger partial charge in [-0.15, -0.1) is 0 Å². The fourth-order valence-electron chi connectivity index (χ4n) is 3.06. The average molecular weight is 254 g/mol. The molecule has 0 saturated carbocycles. The molecule has 0 aromatic carbocycles. The number of likely N-dealkylation sites (tertiary alicyclic amines) is 2. The lowest BCUT2D eigenvalue weighted by Gasteiger charge is -2.24. The van der Waals surface area contributed by atoms with Crippen LogP contribution in [0, 0.1) is 0 Å². The molecule has 2 atom stereocenters. The second-order valence-corrected chi connectivity index (χ2v) is 5.36. The Morgan fingerprint density at radius 2 is 1.94 bits per heavy atom. The molecule has 2 heterocycles. The van der Waals surface area contributed by atoms with E-state index in [1.807, 2.05) is 9.80 Å². The zero-order valence-electron chi connectivity index (χ0n) is 11.0. The van der Waals surface area contributed by atoms with Gasteiger partial charge in [0.15, 0.2) is 0 Å². The van der Waals surface area contributed by atoms with Crippen molar-refractivity contribution in [3.63, 3.8) is 0 Å². The molecule has 0 spiro atoms. The fraction of sp³-hybridized carbons (Fsp3) is 0.846. The Labute approximate surface area is 108 Å². The zero-order valence-corrected chi connectivity index (χ0v) is 11.0. The first-order valence-corrected chi connectivity index (χ1v) is 6.86. The molecule has 5 nitrogen and oxygen atoms in total. The SMILES string of the molecule is CC1CCCN1C(=O)CCN1CCCC1C(=O)O. The van der Waals surface area contributed by atoms with E-state index in [0.29, 0.717) is 25.4 Å². The standard InChI is InChI=1S/C13H22N2O3/c1-10-4-2-8-15(10)12(16)6-9-14-7-3-5-11(14)13(17)18/h10-11H,2-9H2,1H3,(H,17,18). The van der Waals surface area contributed by atoms with Gasteiger partial charge in [-0.3, -0.25) is 14.5 Å². The summed E-state index contributed by atoms with van der Waals surface area (Å²) in [5.41, 5.74) is 0. The van der Waals surface area contributed by atoms with Crippen molar-refractivity contribution in [3.8, 4) is 0 Å². The summed E-state index contributed by atoms with van der Waals surface area (Å²) in [6.07, 6.45) is 4.27. The summed E-state index contributed by atoms with van der Waals surface area (Å²) < 4.78 is 0. The lowest BCUT2D eigenvalue weighted by atomic mass is 10.2. The molecule has 0 aromatic rings. The maximum atomic E-state index is 12.0. The molecule has 0 bridgehead atoms. The van der Waals surface area contributed by atoms with E-state index in [1.54, 1.807) is 0 Å². The number of carboxylic acids is 1. The number of hydrogen-bond donors (Lipinski definition) is 1. The number of amides is 1. The van der Waals surface area contributed by atoms with E-state index in [-0.39, 0.29) is 11.9 Å². The topological polar surface area (TPSA) is 60.9 Å². The van der Waals surface area contributed by atoms with Crippen LogP contribution >= 0.6 is 0 Å². The summed E-state index contributed by atoms with van der Waals surface area (Å²) in [4.78, 5) is 26.9. The first-order valence-electron chi connectivity index (χ1n) is 6.86. The Morgan fingerprint density at radius 3 is 2.56 bits per heavy atom. The van der Waals surface area contributed by atoms with Crippen LogP contribution in [0.2, 0.25) is 0 Å². The molecule has 2 fully saturated rings. The Hall–Kier alpha value is -1.10. The molecule has 2 rings (SSSR count). The normalized spacial score (nSPS) is 28.8. The van der Waals surface area contributed by atoms with Crippen molar-refractivity contribution in [2.24, 2.45) is 0 Å². The van der Waals surface area contributed by atoms with Crippen LogP contribution in [0.3, 0.4) is 0 Å². The van der Waals surface area contributed by atoms with Crippen LogP contribution < -0.4 is 0 Å². The molecule has 5 heteroatoms. The number of carbonyl (C=O) groups is 2. The summed E-state index contributed by atoms with van der Waals surface area (Å²) >= 11 is 0. The third-order valence-corrected chi connectivity index (χ3v) is 4.13. The van der Waals surface area contributed by atoms with Crippen LogP contribution in [0.1, 0.15) is 39.0 Å². The summed E-state index contributed by atoms with van der Waals surface area (Å²) in [6, 6.07) is -0.0276. The van der Waals surface area contributed by atoms with Gasteiger partial charge >= 0.3 is 5.97 Å². The molecule has 2 saturated heterocycles. The van der Waals surface area contributed by atoms with Crippen LogP contribution in [0.5, 0.6) is 0 Å². The third-order valence-electron chi connectivity index (χ3n) is 4.13. The molecule has 2 unspecified atom stereocenters. The van der Waals surface area contributed by atoms with Gasteiger partial charge in [0.25, 0.3) is 0 Å². The number of hydrogen-bond acceptors (Lipinski definition) is 3. The molecule has 1 amide bonds. The second-order valence-electron chi connectivity index (χ2n) is 5.36. The van der Waals surface area contributed by atoms with Gasteiger partial charge in [0, 0.05) is 25.6 Å². The lowest BCUT2D eigenvalue weighted by molar-refractivity contribution is -0.143. The predicted octanol–water partition coefficient (Wildman–Crippen LogP) is 0.936. The van der Waals surface area contributed by atoms with Gasteiger partial charge in [-0.2, -0.15) is 0 Å². The minimum atomic E-state index is -0.755. The van der Waals surface area contributed by atoms with E-state index in [2.05, 4.69) is 6.92 Å². The van der Waals surface area contributed by atoms with Crippen LogP contribution in [-0.2, 0) is 9.59 Å². The number of aliphatic carboxylic acids is 1. The molecular formula is C13H22N2O3. The smallest absolute Gasteiger partial charge is 0.320 e.